The van der Waals surface area contributed by atoms with Crippen LogP contribution in [0.25, 0.3) is 0 Å². The molecule has 2 heterocycles. The van der Waals surface area contributed by atoms with Crippen LogP contribution in [0.4, 0.5) is 0 Å². The number of esters is 1. The fourth-order valence-electron chi connectivity index (χ4n) is 3.62. The molecule has 0 amide bonds. The number of carbonyl (C=O) groups is 1. The van der Waals surface area contributed by atoms with Gasteiger partial charge >= 0.3 is 5.97 Å². The summed E-state index contributed by atoms with van der Waals surface area (Å²) in [6, 6.07) is 10.4. The van der Waals surface area contributed by atoms with Crippen LogP contribution in [-0.2, 0) is 16.1 Å². The Morgan fingerprint density at radius 1 is 1.35 bits per heavy atom. The zero-order valence-electron chi connectivity index (χ0n) is 11.9. The van der Waals surface area contributed by atoms with Crippen molar-refractivity contribution < 1.29 is 9.53 Å². The fraction of sp³-hybridized carbons (Fsp3) is 0.562. The molecule has 1 aromatic carbocycles. The molecule has 0 spiro atoms. The summed E-state index contributed by atoms with van der Waals surface area (Å²) in [7, 11) is 0. The van der Waals surface area contributed by atoms with Crippen molar-refractivity contribution in [2.24, 2.45) is 17.6 Å². The van der Waals surface area contributed by atoms with Gasteiger partial charge < -0.3 is 10.5 Å². The molecule has 2 aliphatic heterocycles. The van der Waals surface area contributed by atoms with E-state index in [-0.39, 0.29) is 17.8 Å². The maximum Gasteiger partial charge on any atom is 0.326 e. The first-order valence-corrected chi connectivity index (χ1v) is 7.37. The number of benzene rings is 1. The summed E-state index contributed by atoms with van der Waals surface area (Å²) >= 11 is 0. The molecule has 1 aliphatic carbocycles. The standard InChI is InChI=1S/C16H22N2O2/c1-2-20-15(19)16(17)13-8-14(16)11-18(10-13)9-12-6-4-3-5-7-12/h3-7,13-14H,2,8-11,17H2,1H3. The summed E-state index contributed by atoms with van der Waals surface area (Å²) in [5.41, 5.74) is 6.92. The number of carbonyl (C=O) groups excluding carboxylic acids is 1. The predicted octanol–water partition coefficient (Wildman–Crippen LogP) is 1.40. The van der Waals surface area contributed by atoms with Gasteiger partial charge in [-0.3, -0.25) is 9.69 Å². The van der Waals surface area contributed by atoms with Crippen molar-refractivity contribution in [2.75, 3.05) is 19.7 Å². The molecule has 2 atom stereocenters. The van der Waals surface area contributed by atoms with E-state index in [1.807, 2.05) is 13.0 Å². The van der Waals surface area contributed by atoms with Crippen LogP contribution in [0.1, 0.15) is 18.9 Å². The average Bonchev–Trinajstić information content (AvgIpc) is 2.47. The van der Waals surface area contributed by atoms with E-state index >= 15 is 0 Å². The van der Waals surface area contributed by atoms with E-state index in [2.05, 4.69) is 29.2 Å². The molecule has 108 valence electrons. The molecule has 4 nitrogen and oxygen atoms in total. The number of nitrogens with two attached hydrogens (primary N) is 1. The predicted molar refractivity (Wildman–Crippen MR) is 76.9 cm³/mol. The Hall–Kier alpha value is -1.39. The first-order chi connectivity index (χ1) is 9.64. The maximum atomic E-state index is 12.1. The lowest BCUT2D eigenvalue weighted by molar-refractivity contribution is -0.171. The lowest BCUT2D eigenvalue weighted by atomic mass is 9.56. The SMILES string of the molecule is CCOC(=O)C1(N)C2CC1CN(Cc1ccccc1)C2. The van der Waals surface area contributed by atoms with E-state index in [1.165, 1.54) is 5.56 Å². The van der Waals surface area contributed by atoms with E-state index in [0.717, 1.165) is 26.1 Å². The van der Waals surface area contributed by atoms with Crippen molar-refractivity contribution in [2.45, 2.75) is 25.4 Å². The molecule has 2 N–H and O–H groups in total. The molecule has 0 radical (unpaired) electrons. The monoisotopic (exact) mass is 274 g/mol. The molecule has 2 saturated heterocycles. The Labute approximate surface area is 119 Å². The number of hydrogen-bond acceptors (Lipinski definition) is 4. The fourth-order valence-corrected chi connectivity index (χ4v) is 3.62. The van der Waals surface area contributed by atoms with Gasteiger partial charge in [-0.1, -0.05) is 30.3 Å². The molecular weight excluding hydrogens is 252 g/mol. The van der Waals surface area contributed by atoms with E-state index in [0.29, 0.717) is 6.61 Å². The van der Waals surface area contributed by atoms with Gasteiger partial charge in [-0.2, -0.15) is 0 Å². The maximum absolute atomic E-state index is 12.1. The first kappa shape index (κ1) is 13.6. The van der Waals surface area contributed by atoms with Gasteiger partial charge in [0.25, 0.3) is 0 Å². The Kier molecular flexibility index (Phi) is 3.52. The third-order valence-corrected chi connectivity index (χ3v) is 4.76. The van der Waals surface area contributed by atoms with Crippen LogP contribution < -0.4 is 5.73 Å². The van der Waals surface area contributed by atoms with Crippen molar-refractivity contribution in [3.8, 4) is 0 Å². The van der Waals surface area contributed by atoms with Gasteiger partial charge in [-0.25, -0.2) is 0 Å². The summed E-state index contributed by atoms with van der Waals surface area (Å²) in [5.74, 6) is 0.272. The Morgan fingerprint density at radius 3 is 2.60 bits per heavy atom. The lowest BCUT2D eigenvalue weighted by Crippen LogP contribution is -2.75. The van der Waals surface area contributed by atoms with Crippen LogP contribution in [0.15, 0.2) is 30.3 Å². The lowest BCUT2D eigenvalue weighted by Gasteiger charge is -2.58. The molecule has 20 heavy (non-hydrogen) atoms. The smallest absolute Gasteiger partial charge is 0.326 e. The molecule has 1 saturated carbocycles. The van der Waals surface area contributed by atoms with Gasteiger partial charge in [0.05, 0.1) is 6.61 Å². The number of ether oxygens (including phenoxy) is 1. The highest BCUT2D eigenvalue weighted by molar-refractivity contribution is 5.83. The van der Waals surface area contributed by atoms with Crippen LogP contribution in [0.5, 0.6) is 0 Å². The van der Waals surface area contributed by atoms with Crippen LogP contribution in [-0.4, -0.2) is 36.1 Å². The minimum atomic E-state index is -0.733. The van der Waals surface area contributed by atoms with Gasteiger partial charge in [0.2, 0.25) is 0 Å². The Morgan fingerprint density at radius 2 is 2.00 bits per heavy atom. The zero-order chi connectivity index (χ0) is 14.2. The second-order valence-electron chi connectivity index (χ2n) is 5.96. The van der Waals surface area contributed by atoms with E-state index < -0.39 is 5.54 Å². The molecular formula is C16H22N2O2. The topological polar surface area (TPSA) is 55.6 Å². The highest BCUT2D eigenvalue weighted by Gasteiger charge is 2.61. The van der Waals surface area contributed by atoms with Crippen molar-refractivity contribution >= 4 is 5.97 Å². The first-order valence-electron chi connectivity index (χ1n) is 7.37. The minimum Gasteiger partial charge on any atom is -0.465 e. The van der Waals surface area contributed by atoms with E-state index in [4.69, 9.17) is 10.5 Å². The molecule has 4 heteroatoms. The van der Waals surface area contributed by atoms with Gasteiger partial charge in [-0.15, -0.1) is 0 Å². The summed E-state index contributed by atoms with van der Waals surface area (Å²) in [6.45, 7) is 4.95. The number of piperidine rings is 2. The Bertz CT molecular complexity index is 477. The van der Waals surface area contributed by atoms with Crippen molar-refractivity contribution in [1.29, 1.82) is 0 Å². The molecule has 3 fully saturated rings. The van der Waals surface area contributed by atoms with Crippen LogP contribution in [0.3, 0.4) is 0 Å². The number of rotatable bonds is 4. The molecule has 0 aromatic heterocycles. The summed E-state index contributed by atoms with van der Waals surface area (Å²) < 4.78 is 5.16. The third-order valence-electron chi connectivity index (χ3n) is 4.76. The van der Waals surface area contributed by atoms with Gasteiger partial charge in [0.1, 0.15) is 5.54 Å². The molecule has 2 bridgehead atoms. The second-order valence-corrected chi connectivity index (χ2v) is 5.96. The highest BCUT2D eigenvalue weighted by Crippen LogP contribution is 2.48. The van der Waals surface area contributed by atoms with Crippen molar-refractivity contribution in [1.82, 2.24) is 4.90 Å². The zero-order valence-corrected chi connectivity index (χ0v) is 11.9. The summed E-state index contributed by atoms with van der Waals surface area (Å²) in [4.78, 5) is 14.5. The normalized spacial score (nSPS) is 32.5. The molecule has 1 aromatic rings. The van der Waals surface area contributed by atoms with Crippen molar-refractivity contribution in [3.63, 3.8) is 0 Å². The largest absolute Gasteiger partial charge is 0.465 e. The van der Waals surface area contributed by atoms with E-state index in [1.54, 1.807) is 0 Å². The van der Waals surface area contributed by atoms with Crippen LogP contribution in [0, 0.1) is 11.8 Å². The highest BCUT2D eigenvalue weighted by atomic mass is 16.5. The number of fused-ring (bicyclic) bond motifs is 2. The van der Waals surface area contributed by atoms with Gasteiger partial charge in [0.15, 0.2) is 0 Å². The van der Waals surface area contributed by atoms with Gasteiger partial charge in [0, 0.05) is 31.5 Å². The quantitative estimate of drug-likeness (QED) is 0.843. The summed E-state index contributed by atoms with van der Waals surface area (Å²) in [5, 5.41) is 0. The minimum absolute atomic E-state index is 0.208. The van der Waals surface area contributed by atoms with Gasteiger partial charge in [-0.05, 0) is 18.9 Å². The Balaban J connectivity index is 1.63. The molecule has 4 rings (SSSR count). The number of nitrogens with zero attached hydrogens (tertiary/aromatic N) is 1. The average molecular weight is 274 g/mol. The third kappa shape index (κ3) is 2.13. The summed E-state index contributed by atoms with van der Waals surface area (Å²) in [6.07, 6.45) is 1.06. The van der Waals surface area contributed by atoms with Crippen LogP contribution in [0.2, 0.25) is 0 Å². The number of hydrogen-bond donors (Lipinski definition) is 1. The second kappa shape index (κ2) is 5.19. The van der Waals surface area contributed by atoms with Crippen molar-refractivity contribution in [3.05, 3.63) is 35.9 Å². The van der Waals surface area contributed by atoms with Crippen LogP contribution >= 0.6 is 0 Å². The molecule has 3 aliphatic rings. The molecule has 2 unspecified atom stereocenters. The van der Waals surface area contributed by atoms with E-state index in [9.17, 15) is 4.79 Å².